The Labute approximate surface area is 84.5 Å². The van der Waals surface area contributed by atoms with Gasteiger partial charge in [-0.15, -0.1) is 0 Å². The zero-order chi connectivity index (χ0) is 11.3. The van der Waals surface area contributed by atoms with Gasteiger partial charge >= 0.3 is 11.6 Å². The van der Waals surface area contributed by atoms with E-state index in [0.29, 0.717) is 0 Å². The van der Waals surface area contributed by atoms with Gasteiger partial charge in [0.1, 0.15) is 6.26 Å². The highest BCUT2D eigenvalue weighted by Gasteiger charge is 2.06. The molecule has 0 aliphatic carbocycles. The Kier molecular flexibility index (Phi) is 3.61. The van der Waals surface area contributed by atoms with Crippen LogP contribution < -0.4 is 10.9 Å². The summed E-state index contributed by atoms with van der Waals surface area (Å²) in [6.45, 7) is 0.0350. The molecule has 0 saturated carbocycles. The predicted octanol–water partition coefficient (Wildman–Crippen LogP) is -0.156. The maximum Gasteiger partial charge on any atom is 0.335 e. The molecule has 0 aliphatic heterocycles. The Morgan fingerprint density at radius 1 is 1.40 bits per heavy atom. The van der Waals surface area contributed by atoms with Crippen molar-refractivity contribution in [2.75, 3.05) is 6.54 Å². The minimum atomic E-state index is -0.991. The average Bonchev–Trinajstić information content (AvgIpc) is 2.18. The Morgan fingerprint density at radius 3 is 2.67 bits per heavy atom. The van der Waals surface area contributed by atoms with E-state index in [2.05, 4.69) is 9.73 Å². The lowest BCUT2D eigenvalue weighted by Crippen LogP contribution is -2.26. The molecule has 15 heavy (non-hydrogen) atoms. The monoisotopic (exact) mass is 211 g/mol. The second kappa shape index (κ2) is 4.94. The van der Waals surface area contributed by atoms with Gasteiger partial charge < -0.3 is 14.8 Å². The number of amides is 1. The van der Waals surface area contributed by atoms with Crippen molar-refractivity contribution in [3.05, 3.63) is 34.4 Å². The van der Waals surface area contributed by atoms with Crippen molar-refractivity contribution < 1.29 is 19.1 Å². The lowest BCUT2D eigenvalue weighted by atomic mass is 10.3. The van der Waals surface area contributed by atoms with Gasteiger partial charge in [0.15, 0.2) is 0 Å². The minimum absolute atomic E-state index is 0.0350. The summed E-state index contributed by atoms with van der Waals surface area (Å²) in [5, 5.41) is 10.7. The fraction of sp³-hybridized carbons (Fsp3) is 0.222. The number of carbonyl (C=O) groups excluding carboxylic acids is 1. The molecule has 0 atom stereocenters. The molecule has 0 radical (unpaired) electrons. The molecule has 1 aromatic rings. The third kappa shape index (κ3) is 3.63. The summed E-state index contributed by atoms with van der Waals surface area (Å²) >= 11 is 0. The van der Waals surface area contributed by atoms with Gasteiger partial charge in [0.2, 0.25) is 0 Å². The van der Waals surface area contributed by atoms with Crippen LogP contribution in [-0.4, -0.2) is 23.5 Å². The standard InChI is InChI=1S/C9H9NO5/c11-7(12)3-4-10-9(14)6-1-2-8(13)15-5-6/h1-2,5H,3-4H2,(H,10,14)(H,11,12). The number of nitrogens with one attached hydrogen (secondary N) is 1. The van der Waals surface area contributed by atoms with Crippen molar-refractivity contribution in [1.82, 2.24) is 5.32 Å². The Morgan fingerprint density at radius 2 is 2.13 bits per heavy atom. The lowest BCUT2D eigenvalue weighted by molar-refractivity contribution is -0.136. The van der Waals surface area contributed by atoms with Crippen LogP contribution in [0.25, 0.3) is 0 Å². The number of carboxylic acids is 1. The van der Waals surface area contributed by atoms with Crippen LogP contribution in [0.15, 0.2) is 27.6 Å². The van der Waals surface area contributed by atoms with Gasteiger partial charge in [0.05, 0.1) is 12.0 Å². The van der Waals surface area contributed by atoms with E-state index >= 15 is 0 Å². The van der Waals surface area contributed by atoms with Crippen LogP contribution in [0.3, 0.4) is 0 Å². The number of hydrogen-bond donors (Lipinski definition) is 2. The van der Waals surface area contributed by atoms with Crippen LogP contribution in [0.2, 0.25) is 0 Å². The summed E-state index contributed by atoms with van der Waals surface area (Å²) in [7, 11) is 0. The van der Waals surface area contributed by atoms with Crippen molar-refractivity contribution in [2.45, 2.75) is 6.42 Å². The summed E-state index contributed by atoms with van der Waals surface area (Å²) in [5.74, 6) is -1.46. The highest BCUT2D eigenvalue weighted by Crippen LogP contribution is 1.94. The largest absolute Gasteiger partial charge is 0.481 e. The predicted molar refractivity (Wildman–Crippen MR) is 49.6 cm³/mol. The van der Waals surface area contributed by atoms with Crippen LogP contribution in [0.4, 0.5) is 0 Å². The highest BCUT2D eigenvalue weighted by atomic mass is 16.4. The number of aliphatic carboxylic acids is 1. The summed E-state index contributed by atoms with van der Waals surface area (Å²) < 4.78 is 4.47. The molecule has 1 amide bonds. The van der Waals surface area contributed by atoms with Gasteiger partial charge in [-0.2, -0.15) is 0 Å². The summed E-state index contributed by atoms with van der Waals surface area (Å²) in [5.41, 5.74) is -0.364. The number of carbonyl (C=O) groups is 2. The van der Waals surface area contributed by atoms with Gasteiger partial charge in [-0.25, -0.2) is 4.79 Å². The molecular formula is C9H9NO5. The van der Waals surface area contributed by atoms with Gasteiger partial charge in [-0.05, 0) is 6.07 Å². The topological polar surface area (TPSA) is 96.6 Å². The fourth-order valence-electron chi connectivity index (χ4n) is 0.872. The van der Waals surface area contributed by atoms with E-state index in [4.69, 9.17) is 5.11 Å². The smallest absolute Gasteiger partial charge is 0.335 e. The van der Waals surface area contributed by atoms with E-state index in [1.54, 1.807) is 0 Å². The normalized spacial score (nSPS) is 9.60. The third-order valence-electron chi connectivity index (χ3n) is 1.59. The molecule has 0 aliphatic rings. The molecule has 0 fully saturated rings. The van der Waals surface area contributed by atoms with E-state index in [1.807, 2.05) is 0 Å². The van der Waals surface area contributed by atoms with Crippen LogP contribution in [-0.2, 0) is 4.79 Å². The molecule has 0 aromatic carbocycles. The summed E-state index contributed by atoms with van der Waals surface area (Å²) in [6, 6.07) is 2.42. The van der Waals surface area contributed by atoms with Crippen molar-refractivity contribution in [2.24, 2.45) is 0 Å². The molecular weight excluding hydrogens is 202 g/mol. The quantitative estimate of drug-likeness (QED) is 0.721. The maximum atomic E-state index is 11.3. The summed E-state index contributed by atoms with van der Waals surface area (Å²) in [4.78, 5) is 32.0. The van der Waals surface area contributed by atoms with Crippen molar-refractivity contribution in [1.29, 1.82) is 0 Å². The molecule has 0 saturated heterocycles. The molecule has 0 bridgehead atoms. The van der Waals surface area contributed by atoms with Crippen molar-refractivity contribution in [3.8, 4) is 0 Å². The third-order valence-corrected chi connectivity index (χ3v) is 1.59. The SMILES string of the molecule is O=C(O)CCNC(=O)c1ccc(=O)oc1. The van der Waals surface area contributed by atoms with Crippen molar-refractivity contribution in [3.63, 3.8) is 0 Å². The van der Waals surface area contributed by atoms with E-state index < -0.39 is 17.5 Å². The summed E-state index contributed by atoms with van der Waals surface area (Å²) in [6.07, 6.45) is 0.876. The molecule has 6 nitrogen and oxygen atoms in total. The number of carboxylic acid groups (broad SMARTS) is 1. The van der Waals surface area contributed by atoms with Gasteiger partial charge in [0.25, 0.3) is 5.91 Å². The molecule has 1 aromatic heterocycles. The Bertz CT molecular complexity index is 402. The highest BCUT2D eigenvalue weighted by molar-refractivity contribution is 5.93. The van der Waals surface area contributed by atoms with Crippen molar-refractivity contribution >= 4 is 11.9 Å². The van der Waals surface area contributed by atoms with E-state index in [9.17, 15) is 14.4 Å². The molecule has 2 N–H and O–H groups in total. The molecule has 0 spiro atoms. The second-order valence-electron chi connectivity index (χ2n) is 2.74. The first kappa shape index (κ1) is 11.0. The van der Waals surface area contributed by atoms with Crippen LogP contribution in [0.1, 0.15) is 16.8 Å². The van der Waals surface area contributed by atoms with E-state index in [1.165, 1.54) is 6.07 Å². The van der Waals surface area contributed by atoms with Crippen LogP contribution in [0, 0.1) is 0 Å². The van der Waals surface area contributed by atoms with Gasteiger partial charge in [-0.3, -0.25) is 9.59 Å². The average molecular weight is 211 g/mol. The minimum Gasteiger partial charge on any atom is -0.481 e. The van der Waals surface area contributed by atoms with Gasteiger partial charge in [-0.1, -0.05) is 0 Å². The zero-order valence-corrected chi connectivity index (χ0v) is 7.73. The first-order chi connectivity index (χ1) is 7.09. The fourth-order valence-corrected chi connectivity index (χ4v) is 0.872. The van der Waals surface area contributed by atoms with E-state index in [-0.39, 0.29) is 18.5 Å². The first-order valence-corrected chi connectivity index (χ1v) is 4.18. The Balaban J connectivity index is 2.50. The van der Waals surface area contributed by atoms with E-state index in [0.717, 1.165) is 12.3 Å². The molecule has 1 heterocycles. The molecule has 0 unspecified atom stereocenters. The second-order valence-corrected chi connectivity index (χ2v) is 2.74. The molecule has 6 heteroatoms. The van der Waals surface area contributed by atoms with Crippen LogP contribution >= 0.6 is 0 Å². The Hall–Kier alpha value is -2.11. The molecule has 1 rings (SSSR count). The lowest BCUT2D eigenvalue weighted by Gasteiger charge is -2.01. The van der Waals surface area contributed by atoms with Crippen LogP contribution in [0.5, 0.6) is 0 Å². The molecule has 80 valence electrons. The first-order valence-electron chi connectivity index (χ1n) is 4.18. The van der Waals surface area contributed by atoms with Gasteiger partial charge in [0, 0.05) is 12.6 Å². The number of hydrogen-bond acceptors (Lipinski definition) is 4. The number of rotatable bonds is 4. The zero-order valence-electron chi connectivity index (χ0n) is 7.73. The maximum absolute atomic E-state index is 11.3.